The van der Waals surface area contributed by atoms with Crippen LogP contribution in [0.1, 0.15) is 33.2 Å². The Morgan fingerprint density at radius 1 is 0.760 bits per heavy atom. The summed E-state index contributed by atoms with van der Waals surface area (Å²) in [5.74, 6) is 1.09. The summed E-state index contributed by atoms with van der Waals surface area (Å²) in [5, 5.41) is 0. The Morgan fingerprint density at radius 2 is 1.32 bits per heavy atom. The van der Waals surface area contributed by atoms with E-state index >= 15 is 0 Å². The Labute approximate surface area is 145 Å². The summed E-state index contributed by atoms with van der Waals surface area (Å²) in [4.78, 5) is 24.0. The molecule has 0 aliphatic carbocycles. The molecular formula is C21H17NO3. The molecule has 124 valence electrons. The van der Waals surface area contributed by atoms with Gasteiger partial charge in [0.2, 0.25) is 0 Å². The molecule has 4 heteroatoms. The minimum absolute atomic E-state index is 0.0677. The molecule has 0 unspecified atom stereocenters. The van der Waals surface area contributed by atoms with Crippen molar-refractivity contribution in [3.8, 4) is 11.5 Å². The van der Waals surface area contributed by atoms with Crippen molar-refractivity contribution in [2.24, 2.45) is 0 Å². The third-order valence-electron chi connectivity index (χ3n) is 3.76. The molecule has 2 N–H and O–H groups in total. The van der Waals surface area contributed by atoms with E-state index in [1.165, 1.54) is 6.92 Å². The molecule has 0 atom stereocenters. The van der Waals surface area contributed by atoms with E-state index in [1.54, 1.807) is 72.8 Å². The fraction of sp³-hybridized carbons (Fsp3) is 0.0476. The summed E-state index contributed by atoms with van der Waals surface area (Å²) in [5.41, 5.74) is 7.85. The quantitative estimate of drug-likeness (QED) is 0.552. The smallest absolute Gasteiger partial charge is 0.193 e. The summed E-state index contributed by atoms with van der Waals surface area (Å²) in [6, 6.07) is 20.7. The van der Waals surface area contributed by atoms with Crippen LogP contribution in [-0.4, -0.2) is 11.6 Å². The third-order valence-corrected chi connectivity index (χ3v) is 3.76. The number of ether oxygens (including phenoxy) is 1. The number of benzene rings is 3. The first-order chi connectivity index (χ1) is 12.0. The van der Waals surface area contributed by atoms with Crippen molar-refractivity contribution in [2.45, 2.75) is 6.92 Å². The number of anilines is 1. The lowest BCUT2D eigenvalue weighted by atomic mass is 10.0. The summed E-state index contributed by atoms with van der Waals surface area (Å²) in [6.45, 7) is 1.48. The zero-order valence-electron chi connectivity index (χ0n) is 13.7. The zero-order valence-corrected chi connectivity index (χ0v) is 13.7. The molecule has 3 aromatic rings. The van der Waals surface area contributed by atoms with Crippen LogP contribution in [0.5, 0.6) is 11.5 Å². The molecular weight excluding hydrogens is 314 g/mol. The largest absolute Gasteiger partial charge is 0.457 e. The molecule has 0 amide bonds. The van der Waals surface area contributed by atoms with Gasteiger partial charge in [-0.1, -0.05) is 18.2 Å². The fourth-order valence-electron chi connectivity index (χ4n) is 2.39. The second kappa shape index (κ2) is 7.01. The highest BCUT2D eigenvalue weighted by Gasteiger charge is 2.11. The standard InChI is InChI=1S/C21H17NO3/c1-14(23)16-3-2-4-17(13-16)21(24)15-5-9-19(10-6-15)25-20-11-7-18(22)8-12-20/h2-13H,22H2,1H3. The second-order valence-corrected chi connectivity index (χ2v) is 5.66. The molecule has 0 aliphatic heterocycles. The van der Waals surface area contributed by atoms with E-state index < -0.39 is 0 Å². The van der Waals surface area contributed by atoms with Crippen LogP contribution in [0.4, 0.5) is 5.69 Å². The van der Waals surface area contributed by atoms with Crippen molar-refractivity contribution in [3.05, 3.63) is 89.5 Å². The van der Waals surface area contributed by atoms with Gasteiger partial charge in [0.15, 0.2) is 11.6 Å². The first-order valence-corrected chi connectivity index (χ1v) is 7.82. The number of ketones is 2. The van der Waals surface area contributed by atoms with Crippen LogP contribution in [0, 0.1) is 0 Å². The Morgan fingerprint density at radius 3 is 1.92 bits per heavy atom. The number of rotatable bonds is 5. The molecule has 0 saturated heterocycles. The SMILES string of the molecule is CC(=O)c1cccc(C(=O)c2ccc(Oc3ccc(N)cc3)cc2)c1. The molecule has 0 spiro atoms. The molecule has 0 aliphatic rings. The van der Waals surface area contributed by atoms with Crippen LogP contribution in [-0.2, 0) is 0 Å². The normalized spacial score (nSPS) is 10.3. The summed E-state index contributed by atoms with van der Waals surface area (Å²) in [7, 11) is 0. The fourth-order valence-corrected chi connectivity index (χ4v) is 2.39. The van der Waals surface area contributed by atoms with Gasteiger partial charge in [-0.15, -0.1) is 0 Å². The van der Waals surface area contributed by atoms with Gasteiger partial charge in [0.25, 0.3) is 0 Å². The predicted molar refractivity (Wildman–Crippen MR) is 97.2 cm³/mol. The highest BCUT2D eigenvalue weighted by Crippen LogP contribution is 2.23. The number of Topliss-reactive ketones (excluding diaryl/α,β-unsaturated/α-hetero) is 1. The maximum Gasteiger partial charge on any atom is 0.193 e. The monoisotopic (exact) mass is 331 g/mol. The van der Waals surface area contributed by atoms with Gasteiger partial charge in [-0.2, -0.15) is 0 Å². The highest BCUT2D eigenvalue weighted by molar-refractivity contribution is 6.10. The van der Waals surface area contributed by atoms with Gasteiger partial charge in [0.1, 0.15) is 11.5 Å². The Hall–Kier alpha value is -3.40. The van der Waals surface area contributed by atoms with E-state index in [0.717, 1.165) is 0 Å². The Balaban J connectivity index is 1.77. The van der Waals surface area contributed by atoms with E-state index in [2.05, 4.69) is 0 Å². The Bertz CT molecular complexity index is 913. The molecule has 0 bridgehead atoms. The molecule has 3 aromatic carbocycles. The molecule has 4 nitrogen and oxygen atoms in total. The van der Waals surface area contributed by atoms with Gasteiger partial charge in [-0.05, 0) is 61.5 Å². The number of hydrogen-bond acceptors (Lipinski definition) is 4. The second-order valence-electron chi connectivity index (χ2n) is 5.66. The van der Waals surface area contributed by atoms with E-state index in [1.807, 2.05) is 0 Å². The lowest BCUT2D eigenvalue weighted by Crippen LogP contribution is -2.03. The number of nitrogen functional groups attached to an aromatic ring is 1. The van der Waals surface area contributed by atoms with E-state index in [9.17, 15) is 9.59 Å². The van der Waals surface area contributed by atoms with Gasteiger partial charge in [-0.3, -0.25) is 9.59 Å². The molecule has 0 saturated carbocycles. The molecule has 3 rings (SSSR count). The van der Waals surface area contributed by atoms with Crippen LogP contribution in [0.15, 0.2) is 72.8 Å². The van der Waals surface area contributed by atoms with Crippen molar-refractivity contribution < 1.29 is 14.3 Å². The molecule has 0 radical (unpaired) electrons. The number of carbonyl (C=O) groups excluding carboxylic acids is 2. The number of carbonyl (C=O) groups is 2. The van der Waals surface area contributed by atoms with E-state index in [0.29, 0.717) is 33.9 Å². The summed E-state index contributed by atoms with van der Waals surface area (Å²) < 4.78 is 5.71. The lowest BCUT2D eigenvalue weighted by molar-refractivity contribution is 0.101. The van der Waals surface area contributed by atoms with Crippen LogP contribution < -0.4 is 10.5 Å². The van der Waals surface area contributed by atoms with Gasteiger partial charge in [0.05, 0.1) is 0 Å². The molecule has 0 heterocycles. The average molecular weight is 331 g/mol. The van der Waals surface area contributed by atoms with Crippen LogP contribution in [0.3, 0.4) is 0 Å². The summed E-state index contributed by atoms with van der Waals surface area (Å²) >= 11 is 0. The number of hydrogen-bond donors (Lipinski definition) is 1. The lowest BCUT2D eigenvalue weighted by Gasteiger charge is -2.07. The van der Waals surface area contributed by atoms with Crippen molar-refractivity contribution in [3.63, 3.8) is 0 Å². The van der Waals surface area contributed by atoms with Gasteiger partial charge >= 0.3 is 0 Å². The molecule has 0 fully saturated rings. The van der Waals surface area contributed by atoms with Crippen LogP contribution in [0.25, 0.3) is 0 Å². The third kappa shape index (κ3) is 3.93. The molecule has 0 aromatic heterocycles. The topological polar surface area (TPSA) is 69.4 Å². The van der Waals surface area contributed by atoms with Crippen LogP contribution >= 0.6 is 0 Å². The van der Waals surface area contributed by atoms with Crippen LogP contribution in [0.2, 0.25) is 0 Å². The highest BCUT2D eigenvalue weighted by atomic mass is 16.5. The number of nitrogens with two attached hydrogens (primary N) is 1. The maximum atomic E-state index is 12.6. The minimum Gasteiger partial charge on any atom is -0.457 e. The van der Waals surface area contributed by atoms with Gasteiger partial charge in [0, 0.05) is 22.4 Å². The predicted octanol–water partition coefficient (Wildman–Crippen LogP) is 4.49. The first-order valence-electron chi connectivity index (χ1n) is 7.82. The maximum absolute atomic E-state index is 12.6. The van der Waals surface area contributed by atoms with Gasteiger partial charge in [-0.25, -0.2) is 0 Å². The zero-order chi connectivity index (χ0) is 17.8. The average Bonchev–Trinajstić information content (AvgIpc) is 2.64. The minimum atomic E-state index is -0.137. The van der Waals surface area contributed by atoms with Gasteiger partial charge < -0.3 is 10.5 Å². The molecule has 25 heavy (non-hydrogen) atoms. The first kappa shape index (κ1) is 16.5. The van der Waals surface area contributed by atoms with E-state index in [-0.39, 0.29) is 11.6 Å². The van der Waals surface area contributed by atoms with E-state index in [4.69, 9.17) is 10.5 Å². The van der Waals surface area contributed by atoms with Crippen molar-refractivity contribution >= 4 is 17.3 Å². The van der Waals surface area contributed by atoms with Crippen molar-refractivity contribution in [2.75, 3.05) is 5.73 Å². The summed E-state index contributed by atoms with van der Waals surface area (Å²) in [6.07, 6.45) is 0. The van der Waals surface area contributed by atoms with Crippen molar-refractivity contribution in [1.82, 2.24) is 0 Å². The Kier molecular flexibility index (Phi) is 4.61. The van der Waals surface area contributed by atoms with Crippen molar-refractivity contribution in [1.29, 1.82) is 0 Å².